The van der Waals surface area contributed by atoms with Gasteiger partial charge in [-0.15, -0.1) is 0 Å². The highest BCUT2D eigenvalue weighted by atomic mass is 127. The van der Waals surface area contributed by atoms with Crippen LogP contribution in [-0.4, -0.2) is 26.4 Å². The second-order valence-electron chi connectivity index (χ2n) is 2.47. The number of nitrogens with one attached hydrogen (secondary N) is 1. The molecule has 0 aliphatic rings. The number of carbonyl (C=O) groups is 1. The number of anilines is 1. The maximum atomic E-state index is 11.0. The molecule has 5 nitrogen and oxygen atoms in total. The van der Waals surface area contributed by atoms with Crippen molar-refractivity contribution in [3.63, 3.8) is 0 Å². The topological polar surface area (TPSA) is 72.9 Å². The van der Waals surface area contributed by atoms with E-state index in [4.69, 9.17) is 5.73 Å². The summed E-state index contributed by atoms with van der Waals surface area (Å²) in [7, 11) is 0. The Kier molecular flexibility index (Phi) is 4.16. The van der Waals surface area contributed by atoms with Crippen LogP contribution in [0, 0.1) is 0 Å². The van der Waals surface area contributed by atoms with Crippen molar-refractivity contribution < 1.29 is 4.79 Å². The molecule has 3 N–H and O–H groups in total. The van der Waals surface area contributed by atoms with Gasteiger partial charge in [-0.05, 0) is 0 Å². The monoisotopic (exact) mass is 294 g/mol. The molecule has 0 saturated heterocycles. The molecule has 1 amide bonds. The third-order valence-electron chi connectivity index (χ3n) is 1.41. The molecular formula is C7H11IN4O. The highest BCUT2D eigenvalue weighted by Gasteiger charge is 2.01. The summed E-state index contributed by atoms with van der Waals surface area (Å²) < 4.78 is 2.27. The standard InChI is InChI=1S/C7H11IN4O/c8-3-7(13)11-6-4-12(2-1-9)5-10-6/h4-5H,1-3,9H2,(H,11,13). The largest absolute Gasteiger partial charge is 0.334 e. The molecule has 1 aromatic heterocycles. The maximum absolute atomic E-state index is 11.0. The van der Waals surface area contributed by atoms with Crippen molar-refractivity contribution in [2.24, 2.45) is 5.73 Å². The Labute approximate surface area is 89.8 Å². The van der Waals surface area contributed by atoms with Gasteiger partial charge in [0.15, 0.2) is 5.82 Å². The molecule has 0 radical (unpaired) electrons. The van der Waals surface area contributed by atoms with Crippen molar-refractivity contribution in [1.29, 1.82) is 0 Å². The molecule has 0 unspecified atom stereocenters. The predicted octanol–water partition coefficient (Wildman–Crippen LogP) is 0.215. The van der Waals surface area contributed by atoms with Crippen molar-refractivity contribution >= 4 is 34.3 Å². The Morgan fingerprint density at radius 2 is 2.54 bits per heavy atom. The van der Waals surface area contributed by atoms with Gasteiger partial charge in [-0.25, -0.2) is 4.98 Å². The van der Waals surface area contributed by atoms with E-state index in [2.05, 4.69) is 10.3 Å². The van der Waals surface area contributed by atoms with Crippen LogP contribution in [0.25, 0.3) is 0 Å². The van der Waals surface area contributed by atoms with Crippen LogP contribution in [-0.2, 0) is 11.3 Å². The number of nitrogens with two attached hydrogens (primary N) is 1. The highest BCUT2D eigenvalue weighted by molar-refractivity contribution is 14.1. The van der Waals surface area contributed by atoms with E-state index in [1.165, 1.54) is 0 Å². The Hall–Kier alpha value is -0.630. The first kappa shape index (κ1) is 10.5. The summed E-state index contributed by atoms with van der Waals surface area (Å²) in [6, 6.07) is 0. The first-order valence-electron chi connectivity index (χ1n) is 3.84. The minimum atomic E-state index is -0.0430. The van der Waals surface area contributed by atoms with Gasteiger partial charge >= 0.3 is 0 Å². The number of amides is 1. The van der Waals surface area contributed by atoms with Crippen molar-refractivity contribution in [3.8, 4) is 0 Å². The van der Waals surface area contributed by atoms with E-state index < -0.39 is 0 Å². The smallest absolute Gasteiger partial charge is 0.235 e. The number of alkyl halides is 1. The zero-order valence-corrected chi connectivity index (χ0v) is 9.19. The average molecular weight is 294 g/mol. The van der Waals surface area contributed by atoms with Crippen LogP contribution in [0.5, 0.6) is 0 Å². The van der Waals surface area contributed by atoms with Crippen LogP contribution >= 0.6 is 22.6 Å². The average Bonchev–Trinajstić information content (AvgIpc) is 2.53. The second kappa shape index (κ2) is 5.18. The lowest BCUT2D eigenvalue weighted by atomic mass is 10.6. The quantitative estimate of drug-likeness (QED) is 0.616. The van der Waals surface area contributed by atoms with Gasteiger partial charge in [0.1, 0.15) is 0 Å². The van der Waals surface area contributed by atoms with Crippen molar-refractivity contribution in [2.75, 3.05) is 16.3 Å². The molecule has 0 atom stereocenters. The lowest BCUT2D eigenvalue weighted by molar-refractivity contribution is -0.113. The summed E-state index contributed by atoms with van der Waals surface area (Å²) in [6.07, 6.45) is 3.41. The summed E-state index contributed by atoms with van der Waals surface area (Å²) in [5.74, 6) is 0.536. The van der Waals surface area contributed by atoms with Crippen LogP contribution in [0.1, 0.15) is 0 Å². The molecule has 0 saturated carbocycles. The van der Waals surface area contributed by atoms with Crippen LogP contribution < -0.4 is 11.1 Å². The molecule has 1 rings (SSSR count). The van der Waals surface area contributed by atoms with E-state index in [9.17, 15) is 4.79 Å². The van der Waals surface area contributed by atoms with Crippen molar-refractivity contribution in [2.45, 2.75) is 6.54 Å². The van der Waals surface area contributed by atoms with Gasteiger partial charge in [0.05, 0.1) is 10.8 Å². The number of rotatable bonds is 4. The van der Waals surface area contributed by atoms with Crippen LogP contribution in [0.3, 0.4) is 0 Å². The van der Waals surface area contributed by atoms with E-state index >= 15 is 0 Å². The van der Waals surface area contributed by atoms with E-state index in [1.54, 1.807) is 12.5 Å². The van der Waals surface area contributed by atoms with Gasteiger partial charge in [-0.1, -0.05) is 22.6 Å². The van der Waals surface area contributed by atoms with Crippen LogP contribution in [0.15, 0.2) is 12.5 Å². The molecule has 1 aromatic rings. The summed E-state index contributed by atoms with van der Waals surface area (Å²) in [6.45, 7) is 1.28. The summed E-state index contributed by atoms with van der Waals surface area (Å²) in [4.78, 5) is 15.0. The number of nitrogens with zero attached hydrogens (tertiary/aromatic N) is 2. The zero-order chi connectivity index (χ0) is 9.68. The molecule has 0 bridgehead atoms. The fourth-order valence-corrected chi connectivity index (χ4v) is 1.06. The minimum absolute atomic E-state index is 0.0430. The number of carbonyl (C=O) groups excluding carboxylic acids is 1. The lowest BCUT2D eigenvalue weighted by Crippen LogP contribution is -2.12. The van der Waals surface area contributed by atoms with E-state index in [1.807, 2.05) is 27.2 Å². The summed E-state index contributed by atoms with van der Waals surface area (Å²) in [5.41, 5.74) is 5.36. The normalized spacial score (nSPS) is 10.0. The minimum Gasteiger partial charge on any atom is -0.334 e. The SMILES string of the molecule is NCCn1cnc(NC(=O)CI)c1. The molecule has 0 aliphatic heterocycles. The Bertz CT molecular complexity index is 286. The van der Waals surface area contributed by atoms with Crippen molar-refractivity contribution in [3.05, 3.63) is 12.5 Å². The molecule has 0 aliphatic carbocycles. The summed E-state index contributed by atoms with van der Waals surface area (Å²) >= 11 is 2.00. The number of hydrogen-bond acceptors (Lipinski definition) is 3. The third-order valence-corrected chi connectivity index (χ3v) is 2.10. The highest BCUT2D eigenvalue weighted by Crippen LogP contribution is 2.02. The molecular weight excluding hydrogens is 283 g/mol. The van der Waals surface area contributed by atoms with Gasteiger partial charge in [0.2, 0.25) is 5.91 Å². The maximum Gasteiger partial charge on any atom is 0.235 e. The Morgan fingerprint density at radius 1 is 1.77 bits per heavy atom. The van der Waals surface area contributed by atoms with E-state index in [0.717, 1.165) is 0 Å². The lowest BCUT2D eigenvalue weighted by Gasteiger charge is -1.97. The van der Waals surface area contributed by atoms with Crippen LogP contribution in [0.4, 0.5) is 5.82 Å². The first-order chi connectivity index (χ1) is 6.26. The zero-order valence-electron chi connectivity index (χ0n) is 7.03. The fraction of sp³-hybridized carbons (Fsp3) is 0.429. The van der Waals surface area contributed by atoms with E-state index in [0.29, 0.717) is 23.3 Å². The molecule has 13 heavy (non-hydrogen) atoms. The molecule has 0 aromatic carbocycles. The molecule has 0 fully saturated rings. The van der Waals surface area contributed by atoms with Gasteiger partial charge in [-0.2, -0.15) is 0 Å². The number of hydrogen-bond donors (Lipinski definition) is 2. The second-order valence-corrected chi connectivity index (χ2v) is 3.23. The van der Waals surface area contributed by atoms with Crippen LogP contribution in [0.2, 0.25) is 0 Å². The molecule has 0 spiro atoms. The number of halogens is 1. The van der Waals surface area contributed by atoms with Gasteiger partial charge in [0.25, 0.3) is 0 Å². The molecule has 6 heteroatoms. The third kappa shape index (κ3) is 3.31. The van der Waals surface area contributed by atoms with Crippen molar-refractivity contribution in [1.82, 2.24) is 9.55 Å². The van der Waals surface area contributed by atoms with Gasteiger partial charge in [0, 0.05) is 19.3 Å². The van der Waals surface area contributed by atoms with E-state index in [-0.39, 0.29) is 5.91 Å². The van der Waals surface area contributed by atoms with Gasteiger partial charge in [-0.3, -0.25) is 4.79 Å². The summed E-state index contributed by atoms with van der Waals surface area (Å²) in [5, 5.41) is 2.65. The molecule has 72 valence electrons. The number of aromatic nitrogens is 2. The fourth-order valence-electron chi connectivity index (χ4n) is 0.872. The molecule has 1 heterocycles. The van der Waals surface area contributed by atoms with Gasteiger partial charge < -0.3 is 15.6 Å². The Balaban J connectivity index is 2.53. The Morgan fingerprint density at radius 3 is 3.15 bits per heavy atom. The first-order valence-corrected chi connectivity index (χ1v) is 5.36. The predicted molar refractivity (Wildman–Crippen MR) is 58.8 cm³/mol. The number of imidazole rings is 1.